The minimum atomic E-state index is -1.01. The lowest BCUT2D eigenvalue weighted by molar-refractivity contribution is 0.0696. The molecule has 0 aliphatic heterocycles. The number of ether oxygens (including phenoxy) is 1. The molecule has 118 valence electrons. The number of aromatic nitrogens is 1. The molecule has 0 atom stereocenters. The van der Waals surface area contributed by atoms with Crippen LogP contribution >= 0.6 is 0 Å². The summed E-state index contributed by atoms with van der Waals surface area (Å²) in [5.74, 6) is -1.01. The van der Waals surface area contributed by atoms with Gasteiger partial charge in [-0.1, -0.05) is 36.4 Å². The van der Waals surface area contributed by atoms with Gasteiger partial charge in [0.15, 0.2) is 0 Å². The molecule has 1 aromatic carbocycles. The van der Waals surface area contributed by atoms with Crippen LogP contribution in [0, 0.1) is 0 Å². The number of hydrogen-bond donors (Lipinski definition) is 2. The number of carbonyl (C=O) groups excluding carboxylic acids is 1. The maximum atomic E-state index is 11.5. The van der Waals surface area contributed by atoms with Crippen molar-refractivity contribution in [3.63, 3.8) is 0 Å². The van der Waals surface area contributed by atoms with E-state index in [-0.39, 0.29) is 18.7 Å². The summed E-state index contributed by atoms with van der Waals surface area (Å²) in [5.41, 5.74) is 1.58. The number of carboxylic acids is 1. The number of hydrogen-bond acceptors (Lipinski definition) is 4. The van der Waals surface area contributed by atoms with Crippen LogP contribution in [-0.2, 0) is 11.3 Å². The molecule has 0 spiro atoms. The number of amides is 1. The van der Waals surface area contributed by atoms with Crippen molar-refractivity contribution in [2.24, 2.45) is 0 Å². The number of rotatable bonds is 6. The number of aromatic carboxylic acids is 1. The van der Waals surface area contributed by atoms with Gasteiger partial charge in [0, 0.05) is 12.7 Å². The minimum absolute atomic E-state index is 0.162. The fourth-order valence-electron chi connectivity index (χ4n) is 1.77. The molecule has 1 aromatic heterocycles. The minimum Gasteiger partial charge on any atom is -0.478 e. The largest absolute Gasteiger partial charge is 0.478 e. The van der Waals surface area contributed by atoms with E-state index in [0.29, 0.717) is 5.69 Å². The van der Waals surface area contributed by atoms with E-state index in [1.807, 2.05) is 30.3 Å². The number of carbonyl (C=O) groups is 2. The molecular weight excluding hydrogens is 296 g/mol. The molecule has 6 heteroatoms. The van der Waals surface area contributed by atoms with E-state index in [1.165, 1.54) is 18.3 Å². The molecule has 2 aromatic rings. The molecule has 1 amide bonds. The Kier molecular flexibility index (Phi) is 5.88. The summed E-state index contributed by atoms with van der Waals surface area (Å²) in [6.45, 7) is 0.463. The van der Waals surface area contributed by atoms with Gasteiger partial charge in [-0.25, -0.2) is 9.59 Å². The van der Waals surface area contributed by atoms with Crippen molar-refractivity contribution in [2.75, 3.05) is 6.54 Å². The number of pyridine rings is 1. The van der Waals surface area contributed by atoms with E-state index < -0.39 is 12.1 Å². The van der Waals surface area contributed by atoms with Crippen LogP contribution in [0.5, 0.6) is 0 Å². The molecule has 6 nitrogen and oxygen atoms in total. The lowest BCUT2D eigenvalue weighted by atomic mass is 10.2. The standard InChI is InChI=1S/C17H16N2O4/c20-16(21)14-8-10-18-15(11-14)7-4-9-19-17(22)23-12-13-5-2-1-3-6-13/h1-8,10-11H,9,12H2,(H,19,22)(H,20,21). The maximum Gasteiger partial charge on any atom is 0.407 e. The van der Waals surface area contributed by atoms with Crippen LogP contribution < -0.4 is 5.32 Å². The average molecular weight is 312 g/mol. The van der Waals surface area contributed by atoms with Gasteiger partial charge in [0.1, 0.15) is 6.61 Å². The molecule has 0 unspecified atom stereocenters. The Bertz CT molecular complexity index is 699. The van der Waals surface area contributed by atoms with Crippen LogP contribution in [0.4, 0.5) is 4.79 Å². The number of nitrogens with one attached hydrogen (secondary N) is 1. The first-order valence-corrected chi connectivity index (χ1v) is 6.95. The SMILES string of the molecule is O=C(NCC=Cc1cc(C(=O)O)ccn1)OCc1ccccc1. The van der Waals surface area contributed by atoms with E-state index in [2.05, 4.69) is 10.3 Å². The van der Waals surface area contributed by atoms with Gasteiger partial charge >= 0.3 is 12.1 Å². The summed E-state index contributed by atoms with van der Waals surface area (Å²) in [6, 6.07) is 12.2. The van der Waals surface area contributed by atoms with Crippen LogP contribution in [0.3, 0.4) is 0 Å². The highest BCUT2D eigenvalue weighted by Gasteiger charge is 2.02. The molecule has 0 aliphatic carbocycles. The van der Waals surface area contributed by atoms with Gasteiger partial charge in [-0.2, -0.15) is 0 Å². The molecule has 23 heavy (non-hydrogen) atoms. The van der Waals surface area contributed by atoms with Gasteiger partial charge < -0.3 is 15.2 Å². The third-order valence-corrected chi connectivity index (χ3v) is 2.89. The van der Waals surface area contributed by atoms with Gasteiger partial charge in [0.25, 0.3) is 0 Å². The molecule has 2 rings (SSSR count). The first-order chi connectivity index (χ1) is 11.1. The summed E-state index contributed by atoms with van der Waals surface area (Å²) < 4.78 is 5.05. The van der Waals surface area contributed by atoms with Crippen molar-refractivity contribution in [2.45, 2.75) is 6.61 Å². The number of carboxylic acid groups (broad SMARTS) is 1. The van der Waals surface area contributed by atoms with Crippen LogP contribution in [0.1, 0.15) is 21.6 Å². The van der Waals surface area contributed by atoms with Crippen molar-refractivity contribution in [1.29, 1.82) is 0 Å². The molecule has 0 saturated carbocycles. The highest BCUT2D eigenvalue weighted by molar-refractivity contribution is 5.87. The van der Waals surface area contributed by atoms with E-state index >= 15 is 0 Å². The van der Waals surface area contributed by atoms with Gasteiger partial charge in [-0.15, -0.1) is 0 Å². The molecule has 0 saturated heterocycles. The highest BCUT2D eigenvalue weighted by Crippen LogP contribution is 2.03. The lowest BCUT2D eigenvalue weighted by Gasteiger charge is -2.05. The maximum absolute atomic E-state index is 11.5. The van der Waals surface area contributed by atoms with E-state index in [1.54, 1.807) is 12.2 Å². The van der Waals surface area contributed by atoms with Crippen LogP contribution in [0.15, 0.2) is 54.7 Å². The van der Waals surface area contributed by atoms with Crippen molar-refractivity contribution >= 4 is 18.1 Å². The number of benzene rings is 1. The summed E-state index contributed by atoms with van der Waals surface area (Å²) >= 11 is 0. The van der Waals surface area contributed by atoms with E-state index in [4.69, 9.17) is 9.84 Å². The second-order valence-electron chi connectivity index (χ2n) is 4.62. The van der Waals surface area contributed by atoms with Gasteiger partial charge in [0.05, 0.1) is 11.3 Å². The van der Waals surface area contributed by atoms with Crippen LogP contribution in [0.25, 0.3) is 6.08 Å². The van der Waals surface area contributed by atoms with Crippen molar-refractivity contribution in [3.05, 3.63) is 71.6 Å². The molecule has 1 heterocycles. The molecule has 0 radical (unpaired) electrons. The Balaban J connectivity index is 1.74. The highest BCUT2D eigenvalue weighted by atomic mass is 16.5. The molecule has 0 fully saturated rings. The van der Waals surface area contributed by atoms with Gasteiger partial charge in [-0.05, 0) is 23.8 Å². The number of nitrogens with zero attached hydrogens (tertiary/aromatic N) is 1. The fraction of sp³-hybridized carbons (Fsp3) is 0.118. The Morgan fingerprint density at radius 3 is 2.74 bits per heavy atom. The third-order valence-electron chi connectivity index (χ3n) is 2.89. The Morgan fingerprint density at radius 1 is 1.22 bits per heavy atom. The van der Waals surface area contributed by atoms with Crippen molar-refractivity contribution in [3.8, 4) is 0 Å². The van der Waals surface area contributed by atoms with Crippen LogP contribution in [-0.4, -0.2) is 28.7 Å². The smallest absolute Gasteiger partial charge is 0.407 e. The Morgan fingerprint density at radius 2 is 2.00 bits per heavy atom. The zero-order chi connectivity index (χ0) is 16.5. The topological polar surface area (TPSA) is 88.5 Å². The normalized spacial score (nSPS) is 10.4. The van der Waals surface area contributed by atoms with Crippen molar-refractivity contribution < 1.29 is 19.4 Å². The fourth-order valence-corrected chi connectivity index (χ4v) is 1.77. The monoisotopic (exact) mass is 312 g/mol. The summed E-state index contributed by atoms with van der Waals surface area (Å²) in [6.07, 6.45) is 4.19. The van der Waals surface area contributed by atoms with Gasteiger partial charge in [-0.3, -0.25) is 4.98 Å². The zero-order valence-corrected chi connectivity index (χ0v) is 12.3. The van der Waals surface area contributed by atoms with Crippen LogP contribution in [0.2, 0.25) is 0 Å². The first-order valence-electron chi connectivity index (χ1n) is 6.95. The molecule has 0 aliphatic rings. The van der Waals surface area contributed by atoms with Gasteiger partial charge in [0.2, 0.25) is 0 Å². The Hall–Kier alpha value is -3.15. The third kappa shape index (κ3) is 5.62. The first kappa shape index (κ1) is 16.2. The Labute approximate surface area is 133 Å². The van der Waals surface area contributed by atoms with E-state index in [0.717, 1.165) is 5.56 Å². The average Bonchev–Trinajstić information content (AvgIpc) is 2.58. The predicted molar refractivity (Wildman–Crippen MR) is 84.9 cm³/mol. The second-order valence-corrected chi connectivity index (χ2v) is 4.62. The second kappa shape index (κ2) is 8.33. The quantitative estimate of drug-likeness (QED) is 0.856. The molecular formula is C17H16N2O4. The summed E-state index contributed by atoms with van der Waals surface area (Å²) in [7, 11) is 0. The molecule has 2 N–H and O–H groups in total. The zero-order valence-electron chi connectivity index (χ0n) is 12.3. The summed E-state index contributed by atoms with van der Waals surface area (Å²) in [4.78, 5) is 26.4. The molecule has 0 bridgehead atoms. The lowest BCUT2D eigenvalue weighted by Crippen LogP contribution is -2.24. The van der Waals surface area contributed by atoms with Crippen molar-refractivity contribution in [1.82, 2.24) is 10.3 Å². The summed E-state index contributed by atoms with van der Waals surface area (Å²) in [5, 5.41) is 11.4. The van der Waals surface area contributed by atoms with E-state index in [9.17, 15) is 9.59 Å². The number of alkyl carbamates (subject to hydrolysis) is 1. The predicted octanol–water partition coefficient (Wildman–Crippen LogP) is 2.72.